The molecule has 0 aliphatic carbocycles. The lowest BCUT2D eigenvalue weighted by Gasteiger charge is -2.22. The van der Waals surface area contributed by atoms with Crippen LogP contribution in [0.2, 0.25) is 0 Å². The molecule has 0 spiro atoms. The third kappa shape index (κ3) is 2.90. The summed E-state index contributed by atoms with van der Waals surface area (Å²) >= 11 is 2.79. The van der Waals surface area contributed by atoms with Crippen molar-refractivity contribution in [3.63, 3.8) is 0 Å². The summed E-state index contributed by atoms with van der Waals surface area (Å²) in [6, 6.07) is 7.09. The fourth-order valence-corrected chi connectivity index (χ4v) is 5.32. The lowest BCUT2D eigenvalue weighted by atomic mass is 10.3. The number of hydrogen-bond acceptors (Lipinski definition) is 5. The Morgan fingerprint density at radius 2 is 2.11 bits per heavy atom. The molecule has 0 bridgehead atoms. The van der Waals surface area contributed by atoms with E-state index in [9.17, 15) is 8.42 Å². The average Bonchev–Trinajstić information content (AvgIpc) is 3.07. The van der Waals surface area contributed by atoms with Gasteiger partial charge in [0.2, 0.25) is 0 Å². The van der Waals surface area contributed by atoms with Crippen molar-refractivity contribution in [3.8, 4) is 0 Å². The van der Waals surface area contributed by atoms with Crippen LogP contribution in [0.1, 0.15) is 22.7 Å². The maximum absolute atomic E-state index is 12.5. The molecule has 0 saturated heterocycles. The Hall–Kier alpha value is -0.730. The molecule has 104 valence electrons. The van der Waals surface area contributed by atoms with E-state index in [2.05, 4.69) is 0 Å². The molecular weight excluding hydrogens is 300 g/mol. The summed E-state index contributed by atoms with van der Waals surface area (Å²) in [4.78, 5) is 1.90. The fraction of sp³-hybridized carbons (Fsp3) is 0.333. The van der Waals surface area contributed by atoms with Gasteiger partial charge in [0.25, 0.3) is 10.0 Å². The predicted octanol–water partition coefficient (Wildman–Crippen LogP) is 2.65. The third-order valence-electron chi connectivity index (χ3n) is 2.97. The number of hydrogen-bond donors (Lipinski definition) is 1. The average molecular weight is 316 g/mol. The zero-order valence-corrected chi connectivity index (χ0v) is 13.2. The number of nitrogens with zero attached hydrogens (tertiary/aromatic N) is 1. The highest BCUT2D eigenvalue weighted by molar-refractivity contribution is 7.91. The standard InChI is InChI=1S/C12H16N2O2S3/c1-9(11-4-3-7-17-11)14(2)19(15,16)12-6-5-10(8-13)18-12/h3-7,9H,8,13H2,1-2H3. The lowest BCUT2D eigenvalue weighted by Crippen LogP contribution is -2.28. The minimum atomic E-state index is -3.45. The van der Waals surface area contributed by atoms with Crippen molar-refractivity contribution in [2.24, 2.45) is 5.73 Å². The van der Waals surface area contributed by atoms with Gasteiger partial charge in [-0.2, -0.15) is 4.31 Å². The van der Waals surface area contributed by atoms with Crippen molar-refractivity contribution in [1.82, 2.24) is 4.31 Å². The zero-order chi connectivity index (χ0) is 14.0. The summed E-state index contributed by atoms with van der Waals surface area (Å²) in [6.45, 7) is 2.26. The normalized spacial score (nSPS) is 13.9. The summed E-state index contributed by atoms with van der Waals surface area (Å²) in [6.07, 6.45) is 0. The van der Waals surface area contributed by atoms with Gasteiger partial charge in [-0.3, -0.25) is 0 Å². The van der Waals surface area contributed by atoms with E-state index in [1.54, 1.807) is 30.5 Å². The lowest BCUT2D eigenvalue weighted by molar-refractivity contribution is 0.404. The predicted molar refractivity (Wildman–Crippen MR) is 79.9 cm³/mol. The molecule has 19 heavy (non-hydrogen) atoms. The fourth-order valence-electron chi connectivity index (χ4n) is 1.66. The van der Waals surface area contributed by atoms with E-state index in [-0.39, 0.29) is 6.04 Å². The van der Waals surface area contributed by atoms with E-state index < -0.39 is 10.0 Å². The van der Waals surface area contributed by atoms with Crippen LogP contribution in [0.15, 0.2) is 33.9 Å². The van der Waals surface area contributed by atoms with Gasteiger partial charge in [0.1, 0.15) is 4.21 Å². The topological polar surface area (TPSA) is 63.4 Å². The monoisotopic (exact) mass is 316 g/mol. The minimum Gasteiger partial charge on any atom is -0.326 e. The Labute approximate surface area is 121 Å². The van der Waals surface area contributed by atoms with Crippen LogP contribution < -0.4 is 5.73 Å². The van der Waals surface area contributed by atoms with Gasteiger partial charge in [-0.1, -0.05) is 6.07 Å². The Balaban J connectivity index is 2.28. The van der Waals surface area contributed by atoms with E-state index in [1.165, 1.54) is 15.6 Å². The zero-order valence-electron chi connectivity index (χ0n) is 10.7. The van der Waals surface area contributed by atoms with Gasteiger partial charge in [0.05, 0.1) is 6.04 Å². The van der Waals surface area contributed by atoms with E-state index in [0.717, 1.165) is 9.75 Å². The maximum atomic E-state index is 12.5. The molecule has 2 heterocycles. The van der Waals surface area contributed by atoms with Crippen LogP contribution in [0.4, 0.5) is 0 Å². The van der Waals surface area contributed by atoms with Crippen molar-refractivity contribution in [1.29, 1.82) is 0 Å². The largest absolute Gasteiger partial charge is 0.326 e. The van der Waals surface area contributed by atoms with Crippen LogP contribution in [0, 0.1) is 0 Å². The molecule has 0 amide bonds. The number of nitrogens with two attached hydrogens (primary N) is 1. The van der Waals surface area contributed by atoms with Crippen LogP contribution in [-0.2, 0) is 16.6 Å². The van der Waals surface area contributed by atoms with Gasteiger partial charge in [-0.25, -0.2) is 8.42 Å². The van der Waals surface area contributed by atoms with Gasteiger partial charge < -0.3 is 5.73 Å². The molecule has 0 aliphatic heterocycles. The molecule has 1 atom stereocenters. The van der Waals surface area contributed by atoms with E-state index in [4.69, 9.17) is 5.73 Å². The minimum absolute atomic E-state index is 0.173. The number of rotatable bonds is 5. The summed E-state index contributed by atoms with van der Waals surface area (Å²) < 4.78 is 26.8. The van der Waals surface area contributed by atoms with Crippen molar-refractivity contribution in [3.05, 3.63) is 39.4 Å². The van der Waals surface area contributed by atoms with Crippen molar-refractivity contribution < 1.29 is 8.42 Å². The second kappa shape index (κ2) is 5.72. The number of thiophene rings is 2. The molecule has 2 rings (SSSR count). The Kier molecular flexibility index (Phi) is 4.42. The van der Waals surface area contributed by atoms with Crippen LogP contribution in [-0.4, -0.2) is 19.8 Å². The first-order chi connectivity index (χ1) is 8.96. The van der Waals surface area contributed by atoms with Crippen molar-refractivity contribution >= 4 is 32.7 Å². The highest BCUT2D eigenvalue weighted by Crippen LogP contribution is 2.31. The molecule has 2 aromatic rings. The highest BCUT2D eigenvalue weighted by Gasteiger charge is 2.28. The Morgan fingerprint density at radius 3 is 2.63 bits per heavy atom. The smallest absolute Gasteiger partial charge is 0.252 e. The maximum Gasteiger partial charge on any atom is 0.252 e. The third-order valence-corrected chi connectivity index (χ3v) is 7.52. The van der Waals surface area contributed by atoms with Crippen LogP contribution in [0.25, 0.3) is 0 Å². The van der Waals surface area contributed by atoms with Gasteiger partial charge in [-0.15, -0.1) is 22.7 Å². The summed E-state index contributed by atoms with van der Waals surface area (Å²) in [7, 11) is -1.84. The van der Waals surface area contributed by atoms with E-state index in [0.29, 0.717) is 10.8 Å². The molecule has 7 heteroatoms. The van der Waals surface area contributed by atoms with Crippen LogP contribution in [0.5, 0.6) is 0 Å². The molecular formula is C12H16N2O2S3. The second-order valence-electron chi connectivity index (χ2n) is 4.14. The molecule has 1 unspecified atom stereocenters. The summed E-state index contributed by atoms with van der Waals surface area (Å²) in [5, 5.41) is 1.95. The van der Waals surface area contributed by atoms with Crippen LogP contribution >= 0.6 is 22.7 Å². The molecule has 2 aromatic heterocycles. The SMILES string of the molecule is CC(c1cccs1)N(C)S(=O)(=O)c1ccc(CN)s1. The Morgan fingerprint density at radius 1 is 1.37 bits per heavy atom. The van der Waals surface area contributed by atoms with Gasteiger partial charge in [-0.05, 0) is 30.5 Å². The summed E-state index contributed by atoms with van der Waals surface area (Å²) in [5.74, 6) is 0. The van der Waals surface area contributed by atoms with Gasteiger partial charge in [0, 0.05) is 23.3 Å². The molecule has 0 aliphatic rings. The summed E-state index contributed by atoms with van der Waals surface area (Å²) in [5.41, 5.74) is 5.52. The highest BCUT2D eigenvalue weighted by atomic mass is 32.2. The molecule has 0 fully saturated rings. The quantitative estimate of drug-likeness (QED) is 0.922. The van der Waals surface area contributed by atoms with E-state index in [1.807, 2.05) is 24.4 Å². The van der Waals surface area contributed by atoms with Gasteiger partial charge in [0.15, 0.2) is 0 Å². The molecule has 2 N–H and O–H groups in total. The van der Waals surface area contributed by atoms with E-state index >= 15 is 0 Å². The molecule has 0 aromatic carbocycles. The Bertz CT molecular complexity index is 632. The molecule has 4 nitrogen and oxygen atoms in total. The van der Waals surface area contributed by atoms with Gasteiger partial charge >= 0.3 is 0 Å². The van der Waals surface area contributed by atoms with Crippen molar-refractivity contribution in [2.75, 3.05) is 7.05 Å². The second-order valence-corrected chi connectivity index (χ2v) is 8.51. The number of sulfonamides is 1. The first kappa shape index (κ1) is 14.7. The molecule has 0 saturated carbocycles. The first-order valence-electron chi connectivity index (χ1n) is 5.77. The molecule has 0 radical (unpaired) electrons. The first-order valence-corrected chi connectivity index (χ1v) is 8.90. The van der Waals surface area contributed by atoms with Crippen molar-refractivity contribution in [2.45, 2.75) is 23.7 Å². The van der Waals surface area contributed by atoms with Crippen LogP contribution in [0.3, 0.4) is 0 Å².